The third-order valence-corrected chi connectivity index (χ3v) is 4.81. The third kappa shape index (κ3) is 5.78. The Morgan fingerprint density at radius 3 is 2.50 bits per heavy atom. The van der Waals surface area contributed by atoms with Crippen LogP contribution in [0.2, 0.25) is 0 Å². The molecule has 1 aliphatic rings. The zero-order chi connectivity index (χ0) is 19.8. The first-order valence-electron chi connectivity index (χ1n) is 9.49. The molecule has 0 bridgehead atoms. The van der Waals surface area contributed by atoms with E-state index in [-0.39, 0.29) is 11.9 Å². The number of amides is 1. The van der Waals surface area contributed by atoms with Crippen molar-refractivity contribution in [3.05, 3.63) is 76.9 Å². The molecule has 1 heterocycles. The van der Waals surface area contributed by atoms with Crippen molar-refractivity contribution in [2.24, 2.45) is 0 Å². The van der Waals surface area contributed by atoms with Crippen molar-refractivity contribution in [1.82, 2.24) is 10.2 Å². The minimum absolute atomic E-state index is 0.0863. The zero-order valence-corrected chi connectivity index (χ0v) is 16.1. The van der Waals surface area contributed by atoms with Gasteiger partial charge in [-0.2, -0.15) is 5.26 Å². The first-order valence-corrected chi connectivity index (χ1v) is 9.49. The highest BCUT2D eigenvalue weighted by atomic mass is 16.5. The molecule has 28 heavy (non-hydrogen) atoms. The van der Waals surface area contributed by atoms with E-state index in [1.54, 1.807) is 24.3 Å². The van der Waals surface area contributed by atoms with E-state index in [1.165, 1.54) is 5.56 Å². The Morgan fingerprint density at radius 2 is 1.86 bits per heavy atom. The number of ether oxygens (including phenoxy) is 1. The van der Waals surface area contributed by atoms with Crippen LogP contribution in [-0.2, 0) is 9.53 Å². The van der Waals surface area contributed by atoms with E-state index in [2.05, 4.69) is 47.5 Å². The number of morpholine rings is 1. The Bertz CT molecular complexity index is 845. The Hall–Kier alpha value is -2.94. The molecule has 1 aliphatic heterocycles. The molecule has 1 unspecified atom stereocenters. The average Bonchev–Trinajstić information content (AvgIpc) is 2.73. The molecule has 0 radical (unpaired) electrons. The standard InChI is InChI=1S/C23H25N3O2/c1-18-2-9-21(10-3-18)22(17-26-12-14-28-15-13-26)25-23(27)11-8-19-4-6-20(16-24)7-5-19/h2-11,22H,12-15,17H2,1H3,(H,25,27)/b11-8+. The second-order valence-electron chi connectivity index (χ2n) is 6.95. The number of nitrogens with zero attached hydrogens (tertiary/aromatic N) is 2. The molecule has 2 aromatic rings. The monoisotopic (exact) mass is 375 g/mol. The maximum atomic E-state index is 12.5. The lowest BCUT2D eigenvalue weighted by molar-refractivity contribution is -0.117. The van der Waals surface area contributed by atoms with Gasteiger partial charge in [-0.25, -0.2) is 0 Å². The average molecular weight is 375 g/mol. The fraction of sp³-hybridized carbons (Fsp3) is 0.304. The summed E-state index contributed by atoms with van der Waals surface area (Å²) in [5.74, 6) is -0.136. The second kappa shape index (κ2) is 9.84. The molecule has 144 valence electrons. The molecule has 0 spiro atoms. The van der Waals surface area contributed by atoms with Gasteiger partial charge in [0.2, 0.25) is 5.91 Å². The van der Waals surface area contributed by atoms with E-state index in [1.807, 2.05) is 12.1 Å². The SMILES string of the molecule is Cc1ccc(C(CN2CCOCC2)NC(=O)/C=C/c2ccc(C#N)cc2)cc1. The van der Waals surface area contributed by atoms with E-state index >= 15 is 0 Å². The lowest BCUT2D eigenvalue weighted by Gasteiger charge is -2.31. The molecule has 0 aliphatic carbocycles. The number of benzene rings is 2. The number of carbonyl (C=O) groups is 1. The van der Waals surface area contributed by atoms with Crippen LogP contribution in [0.25, 0.3) is 6.08 Å². The molecule has 3 rings (SSSR count). The largest absolute Gasteiger partial charge is 0.379 e. The fourth-order valence-corrected chi connectivity index (χ4v) is 3.14. The van der Waals surface area contributed by atoms with Gasteiger partial charge in [0.15, 0.2) is 0 Å². The Kier molecular flexibility index (Phi) is 6.96. The van der Waals surface area contributed by atoms with Gasteiger partial charge < -0.3 is 10.1 Å². The van der Waals surface area contributed by atoms with Crippen molar-refractivity contribution in [3.63, 3.8) is 0 Å². The summed E-state index contributed by atoms with van der Waals surface area (Å²) < 4.78 is 5.43. The van der Waals surface area contributed by atoms with E-state index in [0.29, 0.717) is 5.56 Å². The van der Waals surface area contributed by atoms with Crippen LogP contribution in [0.5, 0.6) is 0 Å². The van der Waals surface area contributed by atoms with Gasteiger partial charge in [-0.15, -0.1) is 0 Å². The van der Waals surface area contributed by atoms with E-state index < -0.39 is 0 Å². The van der Waals surface area contributed by atoms with Gasteiger partial charge in [0.25, 0.3) is 0 Å². The summed E-state index contributed by atoms with van der Waals surface area (Å²) in [4.78, 5) is 14.9. The number of nitriles is 1. The molecular weight excluding hydrogens is 350 g/mol. The summed E-state index contributed by atoms with van der Waals surface area (Å²) in [6.45, 7) is 6.02. The quantitative estimate of drug-likeness (QED) is 0.788. The highest BCUT2D eigenvalue weighted by Crippen LogP contribution is 2.17. The van der Waals surface area contributed by atoms with Crippen LogP contribution < -0.4 is 5.32 Å². The van der Waals surface area contributed by atoms with Gasteiger partial charge in [-0.1, -0.05) is 42.0 Å². The van der Waals surface area contributed by atoms with Crippen molar-refractivity contribution < 1.29 is 9.53 Å². The van der Waals surface area contributed by atoms with E-state index in [0.717, 1.165) is 44.0 Å². The van der Waals surface area contributed by atoms with Crippen molar-refractivity contribution in [3.8, 4) is 6.07 Å². The van der Waals surface area contributed by atoms with E-state index in [9.17, 15) is 4.79 Å². The first-order chi connectivity index (χ1) is 13.6. The topological polar surface area (TPSA) is 65.4 Å². The first kappa shape index (κ1) is 19.8. The Labute approximate surface area is 166 Å². The van der Waals surface area contributed by atoms with Gasteiger partial charge >= 0.3 is 0 Å². The smallest absolute Gasteiger partial charge is 0.244 e. The number of hydrogen-bond donors (Lipinski definition) is 1. The lowest BCUT2D eigenvalue weighted by atomic mass is 10.0. The molecule has 0 aromatic heterocycles. The number of nitrogens with one attached hydrogen (secondary N) is 1. The van der Waals surface area contributed by atoms with Gasteiger partial charge in [0.1, 0.15) is 0 Å². The molecule has 1 amide bonds. The zero-order valence-electron chi connectivity index (χ0n) is 16.1. The predicted molar refractivity (Wildman–Crippen MR) is 110 cm³/mol. The summed E-state index contributed by atoms with van der Waals surface area (Å²) in [6.07, 6.45) is 3.30. The maximum Gasteiger partial charge on any atom is 0.244 e. The normalized spacial score (nSPS) is 15.9. The minimum atomic E-state index is -0.136. The van der Waals surface area contributed by atoms with Crippen LogP contribution in [-0.4, -0.2) is 43.7 Å². The predicted octanol–water partition coefficient (Wildman–Crippen LogP) is 3.07. The summed E-state index contributed by atoms with van der Waals surface area (Å²) in [7, 11) is 0. The molecule has 1 atom stereocenters. The second-order valence-corrected chi connectivity index (χ2v) is 6.95. The van der Waals surface area contributed by atoms with Crippen molar-refractivity contribution >= 4 is 12.0 Å². The Balaban J connectivity index is 1.68. The van der Waals surface area contributed by atoms with Crippen LogP contribution in [0.3, 0.4) is 0 Å². The van der Waals surface area contributed by atoms with Crippen LogP contribution in [0.4, 0.5) is 0 Å². The summed E-state index contributed by atoms with van der Waals surface area (Å²) in [6, 6.07) is 17.4. The summed E-state index contributed by atoms with van der Waals surface area (Å²) in [5, 5.41) is 12.0. The van der Waals surface area contributed by atoms with Crippen molar-refractivity contribution in [2.75, 3.05) is 32.8 Å². The minimum Gasteiger partial charge on any atom is -0.379 e. The molecule has 1 fully saturated rings. The number of carbonyl (C=O) groups excluding carboxylic acids is 1. The summed E-state index contributed by atoms with van der Waals surface area (Å²) in [5.41, 5.74) is 3.78. The third-order valence-electron chi connectivity index (χ3n) is 4.81. The lowest BCUT2D eigenvalue weighted by Crippen LogP contribution is -2.42. The van der Waals surface area contributed by atoms with Crippen molar-refractivity contribution in [2.45, 2.75) is 13.0 Å². The van der Waals surface area contributed by atoms with Crippen LogP contribution >= 0.6 is 0 Å². The Morgan fingerprint density at radius 1 is 1.18 bits per heavy atom. The molecule has 0 saturated carbocycles. The molecule has 5 nitrogen and oxygen atoms in total. The van der Waals surface area contributed by atoms with Gasteiger partial charge in [0, 0.05) is 25.7 Å². The van der Waals surface area contributed by atoms with Crippen LogP contribution in [0.1, 0.15) is 28.3 Å². The van der Waals surface area contributed by atoms with Gasteiger partial charge in [-0.05, 0) is 36.3 Å². The molecular formula is C23H25N3O2. The van der Waals surface area contributed by atoms with Crippen LogP contribution in [0, 0.1) is 18.3 Å². The number of hydrogen-bond acceptors (Lipinski definition) is 4. The molecule has 5 heteroatoms. The molecule has 2 aromatic carbocycles. The van der Waals surface area contributed by atoms with Gasteiger partial charge in [0.05, 0.1) is 30.9 Å². The van der Waals surface area contributed by atoms with Crippen LogP contribution in [0.15, 0.2) is 54.6 Å². The van der Waals surface area contributed by atoms with Crippen molar-refractivity contribution in [1.29, 1.82) is 5.26 Å². The summed E-state index contributed by atoms with van der Waals surface area (Å²) >= 11 is 0. The number of rotatable bonds is 6. The molecule has 1 saturated heterocycles. The van der Waals surface area contributed by atoms with Gasteiger partial charge in [-0.3, -0.25) is 9.69 Å². The highest BCUT2D eigenvalue weighted by Gasteiger charge is 2.19. The number of aryl methyl sites for hydroxylation is 1. The maximum absolute atomic E-state index is 12.5. The van der Waals surface area contributed by atoms with E-state index in [4.69, 9.17) is 10.00 Å². The highest BCUT2D eigenvalue weighted by molar-refractivity contribution is 5.92. The molecule has 1 N–H and O–H groups in total. The fourth-order valence-electron chi connectivity index (χ4n) is 3.14.